The van der Waals surface area contributed by atoms with Crippen molar-refractivity contribution in [3.63, 3.8) is 0 Å². The van der Waals surface area contributed by atoms with E-state index in [-0.39, 0.29) is 24.3 Å². The summed E-state index contributed by atoms with van der Waals surface area (Å²) in [5.74, 6) is -0.344. The van der Waals surface area contributed by atoms with Crippen molar-refractivity contribution in [3.05, 3.63) is 65.2 Å². The molecule has 1 amide bonds. The van der Waals surface area contributed by atoms with Crippen LogP contribution in [0.2, 0.25) is 0 Å². The summed E-state index contributed by atoms with van der Waals surface area (Å²) >= 11 is 0. The van der Waals surface area contributed by atoms with Crippen molar-refractivity contribution in [2.24, 2.45) is 0 Å². The number of esters is 1. The van der Waals surface area contributed by atoms with Gasteiger partial charge < -0.3 is 15.0 Å². The molecule has 1 atom stereocenters. The summed E-state index contributed by atoms with van der Waals surface area (Å²) in [6.45, 7) is 6.44. The molecule has 0 radical (unpaired) electrons. The third-order valence-electron chi connectivity index (χ3n) is 5.50. The summed E-state index contributed by atoms with van der Waals surface area (Å²) in [7, 11) is 0. The van der Waals surface area contributed by atoms with E-state index in [0.29, 0.717) is 12.2 Å². The van der Waals surface area contributed by atoms with Crippen LogP contribution in [-0.2, 0) is 16.0 Å². The van der Waals surface area contributed by atoms with E-state index >= 15 is 0 Å². The predicted molar refractivity (Wildman–Crippen MR) is 120 cm³/mol. The van der Waals surface area contributed by atoms with E-state index in [4.69, 9.17) is 4.74 Å². The zero-order valence-electron chi connectivity index (χ0n) is 18.0. The summed E-state index contributed by atoms with van der Waals surface area (Å²) in [5.41, 5.74) is 3.83. The van der Waals surface area contributed by atoms with Crippen molar-refractivity contribution in [1.29, 1.82) is 0 Å². The van der Waals surface area contributed by atoms with Gasteiger partial charge in [0.2, 0.25) is 5.91 Å². The average molecular weight is 409 g/mol. The number of hydrogen-bond acceptors (Lipinski definition) is 4. The van der Waals surface area contributed by atoms with Crippen LogP contribution in [0.3, 0.4) is 0 Å². The molecule has 5 nitrogen and oxygen atoms in total. The molecule has 160 valence electrons. The van der Waals surface area contributed by atoms with Gasteiger partial charge in [-0.2, -0.15) is 0 Å². The van der Waals surface area contributed by atoms with Crippen molar-refractivity contribution in [2.75, 3.05) is 24.6 Å². The first-order chi connectivity index (χ1) is 14.6. The molecule has 2 aromatic rings. The first-order valence-electron chi connectivity index (χ1n) is 11.0. The van der Waals surface area contributed by atoms with E-state index in [2.05, 4.69) is 41.4 Å². The molecule has 0 bridgehead atoms. The smallest absolute Gasteiger partial charge is 0.338 e. The minimum atomic E-state index is -0.338. The molecular formula is C25H32N2O3. The Hall–Kier alpha value is -2.82. The number of rotatable bonds is 9. The Bertz CT molecular complexity index is 842. The standard InChI is InChI=1S/C25H32N2O3/c1-3-9-22(21-10-5-6-11-23(21)27-16-7-8-17-27)26-24(28)18-19-12-14-20(15-13-19)25(29)30-4-2/h5-6,10-15,22H,3-4,7-9,16-18H2,1-2H3,(H,26,28). The lowest BCUT2D eigenvalue weighted by Gasteiger charge is -2.27. The van der Waals surface area contributed by atoms with E-state index in [1.807, 2.05) is 12.1 Å². The van der Waals surface area contributed by atoms with Crippen molar-refractivity contribution in [3.8, 4) is 0 Å². The maximum absolute atomic E-state index is 12.8. The highest BCUT2D eigenvalue weighted by Gasteiger charge is 2.21. The Morgan fingerprint density at radius 1 is 1.03 bits per heavy atom. The SMILES string of the molecule is CCCC(NC(=O)Cc1ccc(C(=O)OCC)cc1)c1ccccc1N1CCCC1. The molecule has 0 aliphatic carbocycles. The summed E-state index contributed by atoms with van der Waals surface area (Å²) in [5, 5.41) is 3.25. The van der Waals surface area contributed by atoms with Crippen LogP contribution >= 0.6 is 0 Å². The van der Waals surface area contributed by atoms with Crippen LogP contribution in [-0.4, -0.2) is 31.6 Å². The Balaban J connectivity index is 1.68. The lowest BCUT2D eigenvalue weighted by atomic mass is 9.99. The molecule has 1 unspecified atom stereocenters. The Morgan fingerprint density at radius 3 is 2.40 bits per heavy atom. The fraction of sp³-hybridized carbons (Fsp3) is 0.440. The molecule has 0 saturated carbocycles. The molecule has 1 fully saturated rings. The molecule has 2 aromatic carbocycles. The van der Waals surface area contributed by atoms with Gasteiger partial charge in [-0.15, -0.1) is 0 Å². The molecule has 5 heteroatoms. The van der Waals surface area contributed by atoms with Gasteiger partial charge in [-0.1, -0.05) is 43.7 Å². The number of hydrogen-bond donors (Lipinski definition) is 1. The largest absolute Gasteiger partial charge is 0.462 e. The molecule has 1 aliphatic rings. The van der Waals surface area contributed by atoms with Crippen molar-refractivity contribution in [1.82, 2.24) is 5.32 Å². The molecule has 1 saturated heterocycles. The number of carbonyl (C=O) groups excluding carboxylic acids is 2. The first-order valence-corrected chi connectivity index (χ1v) is 11.0. The molecule has 0 aromatic heterocycles. The van der Waals surface area contributed by atoms with Gasteiger partial charge in [-0.3, -0.25) is 4.79 Å². The number of carbonyl (C=O) groups is 2. The van der Waals surface area contributed by atoms with Crippen LogP contribution in [0.15, 0.2) is 48.5 Å². The zero-order chi connectivity index (χ0) is 21.3. The van der Waals surface area contributed by atoms with Gasteiger partial charge in [0.05, 0.1) is 24.6 Å². The third-order valence-corrected chi connectivity index (χ3v) is 5.50. The van der Waals surface area contributed by atoms with E-state index in [0.717, 1.165) is 31.5 Å². The van der Waals surface area contributed by atoms with Gasteiger partial charge in [0, 0.05) is 18.8 Å². The van der Waals surface area contributed by atoms with Gasteiger partial charge >= 0.3 is 5.97 Å². The van der Waals surface area contributed by atoms with Crippen LogP contribution in [0.25, 0.3) is 0 Å². The normalized spacial score (nSPS) is 14.4. The zero-order valence-corrected chi connectivity index (χ0v) is 18.0. The van der Waals surface area contributed by atoms with E-state index in [9.17, 15) is 9.59 Å². The number of benzene rings is 2. The number of para-hydroxylation sites is 1. The second kappa shape index (κ2) is 10.8. The topological polar surface area (TPSA) is 58.6 Å². The average Bonchev–Trinajstić information content (AvgIpc) is 3.29. The highest BCUT2D eigenvalue weighted by Crippen LogP contribution is 2.31. The number of ether oxygens (including phenoxy) is 1. The Morgan fingerprint density at radius 2 is 1.73 bits per heavy atom. The van der Waals surface area contributed by atoms with Crippen LogP contribution < -0.4 is 10.2 Å². The lowest BCUT2D eigenvalue weighted by molar-refractivity contribution is -0.121. The first kappa shape index (κ1) is 21.9. The molecule has 1 heterocycles. The molecular weight excluding hydrogens is 376 g/mol. The fourth-order valence-electron chi connectivity index (χ4n) is 4.03. The van der Waals surface area contributed by atoms with Crippen molar-refractivity contribution in [2.45, 2.75) is 52.0 Å². The van der Waals surface area contributed by atoms with Crippen LogP contribution in [0.1, 0.15) is 67.1 Å². The van der Waals surface area contributed by atoms with Crippen LogP contribution in [0.4, 0.5) is 5.69 Å². The summed E-state index contributed by atoms with van der Waals surface area (Å²) in [6.07, 6.45) is 4.63. The number of nitrogens with zero attached hydrogens (tertiary/aromatic N) is 1. The monoisotopic (exact) mass is 408 g/mol. The van der Waals surface area contributed by atoms with Crippen LogP contribution in [0.5, 0.6) is 0 Å². The minimum absolute atomic E-state index is 0.00175. The third kappa shape index (κ3) is 5.62. The molecule has 1 N–H and O–H groups in total. The fourth-order valence-corrected chi connectivity index (χ4v) is 4.03. The van der Waals surface area contributed by atoms with Gasteiger partial charge in [0.25, 0.3) is 0 Å². The van der Waals surface area contributed by atoms with Crippen molar-refractivity contribution < 1.29 is 14.3 Å². The highest BCUT2D eigenvalue weighted by atomic mass is 16.5. The summed E-state index contributed by atoms with van der Waals surface area (Å²) in [6, 6.07) is 15.5. The predicted octanol–water partition coefficient (Wildman–Crippen LogP) is 4.66. The van der Waals surface area contributed by atoms with Crippen molar-refractivity contribution >= 4 is 17.6 Å². The minimum Gasteiger partial charge on any atom is -0.462 e. The summed E-state index contributed by atoms with van der Waals surface area (Å²) < 4.78 is 5.01. The molecule has 3 rings (SSSR count). The Kier molecular flexibility index (Phi) is 7.89. The van der Waals surface area contributed by atoms with Gasteiger partial charge in [0.15, 0.2) is 0 Å². The molecule has 1 aliphatic heterocycles. The number of amides is 1. The lowest BCUT2D eigenvalue weighted by Crippen LogP contribution is -2.31. The number of anilines is 1. The second-order valence-corrected chi connectivity index (χ2v) is 7.76. The molecule has 0 spiro atoms. The highest BCUT2D eigenvalue weighted by molar-refractivity contribution is 5.89. The van der Waals surface area contributed by atoms with Crippen LogP contribution in [0, 0.1) is 0 Å². The van der Waals surface area contributed by atoms with E-state index in [1.165, 1.54) is 24.1 Å². The van der Waals surface area contributed by atoms with Gasteiger partial charge in [-0.05, 0) is 55.5 Å². The molecule has 30 heavy (non-hydrogen) atoms. The van der Waals surface area contributed by atoms with Gasteiger partial charge in [0.1, 0.15) is 0 Å². The quantitative estimate of drug-likeness (QED) is 0.613. The Labute approximate surface area is 179 Å². The number of nitrogens with one attached hydrogen (secondary N) is 1. The maximum Gasteiger partial charge on any atom is 0.338 e. The second-order valence-electron chi connectivity index (χ2n) is 7.76. The van der Waals surface area contributed by atoms with E-state index in [1.54, 1.807) is 19.1 Å². The van der Waals surface area contributed by atoms with Gasteiger partial charge in [-0.25, -0.2) is 4.79 Å². The maximum atomic E-state index is 12.8. The summed E-state index contributed by atoms with van der Waals surface area (Å²) in [4.78, 5) is 27.0. The van der Waals surface area contributed by atoms with E-state index < -0.39 is 0 Å².